The molecule has 0 atom stereocenters. The second kappa shape index (κ2) is 18.0. The van der Waals surface area contributed by atoms with E-state index in [-0.39, 0.29) is 29.3 Å². The molecule has 0 aliphatic carbocycles. The summed E-state index contributed by atoms with van der Waals surface area (Å²) in [6.45, 7) is 3.90. The molecule has 3 N–H and O–H groups in total. The first-order chi connectivity index (χ1) is 22.9. The van der Waals surface area contributed by atoms with Gasteiger partial charge in [-0.25, -0.2) is 14.0 Å². The predicted octanol–water partition coefficient (Wildman–Crippen LogP) is 4.75. The number of rotatable bonds is 12. The molecular formula is C35H38FN3O9. The van der Waals surface area contributed by atoms with Gasteiger partial charge in [0, 0.05) is 54.9 Å². The van der Waals surface area contributed by atoms with Crippen LogP contribution >= 0.6 is 0 Å². The van der Waals surface area contributed by atoms with E-state index in [4.69, 9.17) is 19.7 Å². The van der Waals surface area contributed by atoms with Gasteiger partial charge in [0.2, 0.25) is 5.91 Å². The van der Waals surface area contributed by atoms with Crippen LogP contribution in [0.3, 0.4) is 0 Å². The number of carbonyl (C=O) groups excluding carboxylic acids is 3. The fraction of sp³-hybridized carbons (Fsp3) is 0.286. The van der Waals surface area contributed by atoms with Crippen LogP contribution in [0.15, 0.2) is 78.9 Å². The van der Waals surface area contributed by atoms with Crippen molar-refractivity contribution in [2.24, 2.45) is 5.92 Å². The topological polar surface area (TPSA) is 163 Å². The van der Waals surface area contributed by atoms with Gasteiger partial charge in [-0.2, -0.15) is 0 Å². The fourth-order valence-corrected chi connectivity index (χ4v) is 5.04. The molecule has 1 saturated heterocycles. The van der Waals surface area contributed by atoms with E-state index in [9.17, 15) is 28.4 Å². The highest BCUT2D eigenvalue weighted by Crippen LogP contribution is 2.28. The quantitative estimate of drug-likeness (QED) is 0.182. The number of carboxylic acids is 2. The minimum Gasteiger partial charge on any atom is -0.497 e. The Labute approximate surface area is 277 Å². The van der Waals surface area contributed by atoms with E-state index in [0.717, 1.165) is 18.8 Å². The number of ketones is 1. The summed E-state index contributed by atoms with van der Waals surface area (Å²) in [6.07, 6.45) is 2.52. The van der Waals surface area contributed by atoms with Crippen LogP contribution in [0.5, 0.6) is 11.5 Å². The molecule has 1 heterocycles. The molecule has 0 radical (unpaired) electrons. The third-order valence-electron chi connectivity index (χ3n) is 7.48. The van der Waals surface area contributed by atoms with E-state index in [1.54, 1.807) is 42.3 Å². The number of nitrogens with zero attached hydrogens (tertiary/aromatic N) is 2. The summed E-state index contributed by atoms with van der Waals surface area (Å²) < 4.78 is 23.9. The highest BCUT2D eigenvalue weighted by Gasteiger charge is 2.27. The van der Waals surface area contributed by atoms with Crippen LogP contribution in [-0.4, -0.2) is 85.0 Å². The maximum atomic E-state index is 13.8. The highest BCUT2D eigenvalue weighted by atomic mass is 19.1. The number of ether oxygens (including phenoxy) is 2. The molecule has 254 valence electrons. The summed E-state index contributed by atoms with van der Waals surface area (Å²) in [5.74, 6) is -2.29. The molecule has 1 aliphatic rings. The van der Waals surface area contributed by atoms with Crippen molar-refractivity contribution >= 4 is 40.9 Å². The lowest BCUT2D eigenvalue weighted by Gasteiger charge is -2.33. The van der Waals surface area contributed by atoms with E-state index in [1.807, 2.05) is 24.3 Å². The van der Waals surface area contributed by atoms with Crippen molar-refractivity contribution in [2.75, 3.05) is 50.6 Å². The number of methoxy groups -OCH3 is 2. The molecule has 1 aliphatic heterocycles. The summed E-state index contributed by atoms with van der Waals surface area (Å²) in [4.78, 5) is 61.2. The Morgan fingerprint density at radius 3 is 1.98 bits per heavy atom. The lowest BCUT2D eigenvalue weighted by molar-refractivity contribution is -0.134. The van der Waals surface area contributed by atoms with E-state index in [2.05, 4.69) is 10.2 Å². The Morgan fingerprint density at radius 1 is 0.875 bits per heavy atom. The minimum atomic E-state index is -1.26. The Bertz CT molecular complexity index is 1600. The van der Waals surface area contributed by atoms with E-state index in [1.165, 1.54) is 26.2 Å². The molecular weight excluding hydrogens is 625 g/mol. The third kappa shape index (κ3) is 11.1. The van der Waals surface area contributed by atoms with Gasteiger partial charge in [0.1, 0.15) is 17.3 Å². The van der Waals surface area contributed by atoms with Crippen LogP contribution < -0.4 is 19.7 Å². The number of aliphatic carboxylic acids is 2. The average Bonchev–Trinajstić information content (AvgIpc) is 3.08. The van der Waals surface area contributed by atoms with Gasteiger partial charge in [-0.3, -0.25) is 14.4 Å². The van der Waals surface area contributed by atoms with Crippen LogP contribution in [0.1, 0.15) is 40.5 Å². The minimum absolute atomic E-state index is 0.0475. The maximum Gasteiger partial charge on any atom is 0.328 e. The molecule has 13 heteroatoms. The molecule has 0 unspecified atom stereocenters. The zero-order valence-corrected chi connectivity index (χ0v) is 26.9. The molecule has 0 bridgehead atoms. The number of benzene rings is 3. The number of hydrogen-bond donors (Lipinski definition) is 3. The number of amides is 2. The third-order valence-corrected chi connectivity index (χ3v) is 7.48. The molecule has 12 nitrogen and oxygen atoms in total. The normalized spacial score (nSPS) is 13.2. The second-order valence-corrected chi connectivity index (χ2v) is 10.7. The fourth-order valence-electron chi connectivity index (χ4n) is 5.04. The number of nitrogens with one attached hydrogen (secondary N) is 1. The number of anilines is 2. The maximum absolute atomic E-state index is 13.8. The molecule has 4 rings (SSSR count). The first-order valence-corrected chi connectivity index (χ1v) is 15.0. The summed E-state index contributed by atoms with van der Waals surface area (Å²) in [5, 5.41) is 18.3. The molecule has 0 saturated carbocycles. The van der Waals surface area contributed by atoms with Gasteiger partial charge in [-0.1, -0.05) is 0 Å². The smallest absolute Gasteiger partial charge is 0.328 e. The number of Topliss-reactive ketones (excluding diaryl/α,β-unsaturated/α-hetero) is 1. The zero-order chi connectivity index (χ0) is 35.2. The van der Waals surface area contributed by atoms with Crippen molar-refractivity contribution in [3.63, 3.8) is 0 Å². The van der Waals surface area contributed by atoms with E-state index >= 15 is 0 Å². The lowest BCUT2D eigenvalue weighted by Crippen LogP contribution is -2.42. The number of carboxylic acid groups (broad SMARTS) is 2. The first-order valence-electron chi connectivity index (χ1n) is 15.0. The van der Waals surface area contributed by atoms with Gasteiger partial charge in [0.15, 0.2) is 5.78 Å². The summed E-state index contributed by atoms with van der Waals surface area (Å²) in [5.41, 5.74) is 2.17. The molecule has 0 aromatic heterocycles. The van der Waals surface area contributed by atoms with E-state index < -0.39 is 11.9 Å². The zero-order valence-electron chi connectivity index (χ0n) is 26.9. The predicted molar refractivity (Wildman–Crippen MR) is 176 cm³/mol. The number of piperidine rings is 1. The Hall–Kier alpha value is -5.56. The highest BCUT2D eigenvalue weighted by molar-refractivity contribution is 6.07. The number of likely N-dealkylation sites (tertiary alicyclic amines) is 1. The van der Waals surface area contributed by atoms with Gasteiger partial charge < -0.3 is 34.8 Å². The van der Waals surface area contributed by atoms with Crippen LogP contribution in [-0.2, 0) is 14.4 Å². The van der Waals surface area contributed by atoms with Crippen molar-refractivity contribution in [3.05, 3.63) is 95.8 Å². The van der Waals surface area contributed by atoms with Gasteiger partial charge >= 0.3 is 11.9 Å². The summed E-state index contributed by atoms with van der Waals surface area (Å²) >= 11 is 0. The summed E-state index contributed by atoms with van der Waals surface area (Å²) in [6, 6.07) is 18.0. The Morgan fingerprint density at radius 2 is 1.46 bits per heavy atom. The number of hydrogen-bond acceptors (Lipinski definition) is 8. The average molecular weight is 664 g/mol. The number of halogens is 1. The summed E-state index contributed by atoms with van der Waals surface area (Å²) in [7, 11) is 3.08. The molecule has 3 aromatic carbocycles. The van der Waals surface area contributed by atoms with Crippen molar-refractivity contribution in [1.29, 1.82) is 0 Å². The van der Waals surface area contributed by atoms with Crippen molar-refractivity contribution in [3.8, 4) is 11.5 Å². The van der Waals surface area contributed by atoms with E-state index in [0.29, 0.717) is 66.4 Å². The SMILES string of the molecule is COc1ccc(N(CCN2CCC(C(=O)c3ccc(F)cc3)CC2)C(=O)c2ccc(NC(C)=O)c(OC)c2)cc1.O=C(O)C=CC(=O)O. The van der Waals surface area contributed by atoms with Gasteiger partial charge in [-0.05, 0) is 92.7 Å². The second-order valence-electron chi connectivity index (χ2n) is 10.7. The van der Waals surface area contributed by atoms with Crippen LogP contribution in [0.4, 0.5) is 15.8 Å². The molecule has 1 fully saturated rings. The van der Waals surface area contributed by atoms with Crippen molar-refractivity contribution in [1.82, 2.24) is 4.90 Å². The molecule has 2 amide bonds. The Kier molecular flexibility index (Phi) is 13.8. The molecule has 48 heavy (non-hydrogen) atoms. The van der Waals surface area contributed by atoms with Gasteiger partial charge in [0.05, 0.1) is 19.9 Å². The molecule has 3 aromatic rings. The Balaban J connectivity index is 0.000000694. The lowest BCUT2D eigenvalue weighted by atomic mass is 9.89. The van der Waals surface area contributed by atoms with Gasteiger partial charge in [-0.15, -0.1) is 0 Å². The number of carbonyl (C=O) groups is 5. The van der Waals surface area contributed by atoms with Crippen LogP contribution in [0.2, 0.25) is 0 Å². The standard InChI is InChI=1S/C31H34FN3O5.C4H4O4/c1-21(36)33-28-13-6-24(20-29(28)40-3)31(38)35(26-9-11-27(39-2)12-10-26)19-18-34-16-14-23(15-17-34)30(37)22-4-7-25(32)8-5-22;5-3(6)1-2-4(7)8/h4-13,20,23H,14-19H2,1-3H3,(H,33,36);1-2H,(H,5,6)(H,7,8). The van der Waals surface area contributed by atoms with Crippen molar-refractivity contribution in [2.45, 2.75) is 19.8 Å². The van der Waals surface area contributed by atoms with Gasteiger partial charge in [0.25, 0.3) is 5.91 Å². The monoisotopic (exact) mass is 663 g/mol. The largest absolute Gasteiger partial charge is 0.497 e. The van der Waals surface area contributed by atoms with Crippen molar-refractivity contribution < 1.29 is 48.0 Å². The van der Waals surface area contributed by atoms with Crippen LogP contribution in [0.25, 0.3) is 0 Å². The first kappa shape index (κ1) is 36.9. The molecule has 0 spiro atoms. The van der Waals surface area contributed by atoms with Crippen LogP contribution in [0, 0.1) is 11.7 Å².